The number of carbonyl (C=O) groups excluding carboxylic acids is 1. The number of nitrogens with one attached hydrogen (secondary N) is 1. The molecule has 0 unspecified atom stereocenters. The van der Waals surface area contributed by atoms with Gasteiger partial charge in [-0.3, -0.25) is 4.79 Å². The first kappa shape index (κ1) is 19.6. The minimum absolute atomic E-state index is 0.139. The van der Waals surface area contributed by atoms with Crippen molar-refractivity contribution in [3.05, 3.63) is 35.9 Å². The SMILES string of the molecule is COc1cc2cc(C(=O)NCCO)c3cc(OC)c(OC)cc3c2cc1OC. The maximum atomic E-state index is 12.7. The van der Waals surface area contributed by atoms with Crippen molar-refractivity contribution < 1.29 is 28.8 Å². The second-order valence-corrected chi connectivity index (χ2v) is 6.08. The Morgan fingerprint density at radius 1 is 0.786 bits per heavy atom. The average molecular weight is 385 g/mol. The molecule has 28 heavy (non-hydrogen) atoms. The number of rotatable bonds is 7. The van der Waals surface area contributed by atoms with E-state index in [0.717, 1.165) is 16.2 Å². The van der Waals surface area contributed by atoms with Crippen molar-refractivity contribution in [2.75, 3.05) is 41.6 Å². The van der Waals surface area contributed by atoms with Gasteiger partial charge in [0.2, 0.25) is 0 Å². The Labute approximate surface area is 162 Å². The molecule has 0 saturated carbocycles. The van der Waals surface area contributed by atoms with Crippen molar-refractivity contribution in [3.63, 3.8) is 0 Å². The van der Waals surface area contributed by atoms with E-state index >= 15 is 0 Å². The van der Waals surface area contributed by atoms with E-state index in [1.165, 1.54) is 0 Å². The Morgan fingerprint density at radius 3 is 1.82 bits per heavy atom. The summed E-state index contributed by atoms with van der Waals surface area (Å²) in [5, 5.41) is 15.0. The fraction of sp³-hybridized carbons (Fsp3) is 0.286. The molecule has 0 bridgehead atoms. The van der Waals surface area contributed by atoms with Crippen LogP contribution < -0.4 is 24.3 Å². The van der Waals surface area contributed by atoms with Gasteiger partial charge in [-0.15, -0.1) is 0 Å². The van der Waals surface area contributed by atoms with Crippen molar-refractivity contribution in [2.45, 2.75) is 0 Å². The van der Waals surface area contributed by atoms with Crippen LogP contribution >= 0.6 is 0 Å². The Balaban J connectivity index is 2.40. The number of aliphatic hydroxyl groups is 1. The number of carbonyl (C=O) groups is 1. The van der Waals surface area contributed by atoms with E-state index in [4.69, 9.17) is 24.1 Å². The molecule has 0 aliphatic rings. The van der Waals surface area contributed by atoms with E-state index in [1.54, 1.807) is 40.6 Å². The molecule has 0 atom stereocenters. The summed E-state index contributed by atoms with van der Waals surface area (Å²) >= 11 is 0. The fourth-order valence-corrected chi connectivity index (χ4v) is 3.26. The molecule has 3 aromatic carbocycles. The highest BCUT2D eigenvalue weighted by atomic mass is 16.5. The highest BCUT2D eigenvalue weighted by Crippen LogP contribution is 2.41. The first-order chi connectivity index (χ1) is 13.6. The first-order valence-corrected chi connectivity index (χ1v) is 8.71. The maximum Gasteiger partial charge on any atom is 0.252 e. The molecule has 0 aliphatic carbocycles. The van der Waals surface area contributed by atoms with E-state index in [9.17, 15) is 4.79 Å². The third kappa shape index (κ3) is 3.36. The smallest absolute Gasteiger partial charge is 0.252 e. The lowest BCUT2D eigenvalue weighted by atomic mass is 9.95. The predicted molar refractivity (Wildman–Crippen MR) is 107 cm³/mol. The number of fused-ring (bicyclic) bond motifs is 3. The molecule has 3 aromatic rings. The largest absolute Gasteiger partial charge is 0.493 e. The predicted octanol–water partition coefficient (Wildman–Crippen LogP) is 2.75. The van der Waals surface area contributed by atoms with Gasteiger partial charge in [0, 0.05) is 12.1 Å². The summed E-state index contributed by atoms with van der Waals surface area (Å²) in [5.41, 5.74) is 0.462. The van der Waals surface area contributed by atoms with Gasteiger partial charge in [-0.25, -0.2) is 0 Å². The molecule has 0 aliphatic heterocycles. The number of amides is 1. The third-order valence-electron chi connectivity index (χ3n) is 4.60. The van der Waals surface area contributed by atoms with Crippen molar-refractivity contribution in [3.8, 4) is 23.0 Å². The quantitative estimate of drug-likeness (QED) is 0.608. The van der Waals surface area contributed by atoms with Crippen LogP contribution in [0.5, 0.6) is 23.0 Å². The minimum atomic E-state index is -0.289. The lowest BCUT2D eigenvalue weighted by Crippen LogP contribution is -2.26. The van der Waals surface area contributed by atoms with Crippen LogP contribution in [-0.2, 0) is 0 Å². The molecule has 7 nitrogen and oxygen atoms in total. The van der Waals surface area contributed by atoms with Gasteiger partial charge in [0.1, 0.15) is 0 Å². The van der Waals surface area contributed by atoms with Gasteiger partial charge in [-0.05, 0) is 51.9 Å². The average Bonchev–Trinajstić information content (AvgIpc) is 2.74. The standard InChI is InChI=1S/C21H23NO6/c1-25-17-8-12-7-16(21(24)22-5-6-23)15-11-20(28-4)19(27-3)10-14(15)13(12)9-18(17)26-2/h7-11,23H,5-6H2,1-4H3,(H,22,24). The molecule has 1 amide bonds. The molecule has 3 rings (SSSR count). The maximum absolute atomic E-state index is 12.7. The van der Waals surface area contributed by atoms with E-state index in [2.05, 4.69) is 5.32 Å². The first-order valence-electron chi connectivity index (χ1n) is 8.71. The van der Waals surface area contributed by atoms with E-state index in [1.807, 2.05) is 18.2 Å². The molecule has 0 spiro atoms. The molecule has 0 heterocycles. The summed E-state index contributed by atoms with van der Waals surface area (Å²) in [5.74, 6) is 1.94. The van der Waals surface area contributed by atoms with Gasteiger partial charge in [-0.1, -0.05) is 0 Å². The molecular weight excluding hydrogens is 362 g/mol. The fourth-order valence-electron chi connectivity index (χ4n) is 3.26. The third-order valence-corrected chi connectivity index (χ3v) is 4.60. The highest BCUT2D eigenvalue weighted by Gasteiger charge is 2.18. The van der Waals surface area contributed by atoms with Crippen LogP contribution in [0.15, 0.2) is 30.3 Å². The summed E-state index contributed by atoms with van der Waals surface area (Å²) in [6.07, 6.45) is 0. The second-order valence-electron chi connectivity index (χ2n) is 6.08. The van der Waals surface area contributed by atoms with Crippen molar-refractivity contribution in [1.82, 2.24) is 5.32 Å². The number of hydrogen-bond donors (Lipinski definition) is 2. The minimum Gasteiger partial charge on any atom is -0.493 e. The molecule has 0 radical (unpaired) electrons. The van der Waals surface area contributed by atoms with Crippen LogP contribution in [0.25, 0.3) is 21.5 Å². The zero-order chi connectivity index (χ0) is 20.3. The van der Waals surface area contributed by atoms with Gasteiger partial charge >= 0.3 is 0 Å². The second kappa shape index (κ2) is 8.22. The zero-order valence-corrected chi connectivity index (χ0v) is 16.3. The van der Waals surface area contributed by atoms with Crippen LogP contribution in [0.1, 0.15) is 10.4 Å². The van der Waals surface area contributed by atoms with Gasteiger partial charge in [0.05, 0.1) is 35.0 Å². The molecule has 0 fully saturated rings. The van der Waals surface area contributed by atoms with Crippen LogP contribution in [0.4, 0.5) is 0 Å². The number of aliphatic hydroxyl groups excluding tert-OH is 1. The van der Waals surface area contributed by atoms with Crippen LogP contribution in [0.2, 0.25) is 0 Å². The molecule has 0 aromatic heterocycles. The van der Waals surface area contributed by atoms with Crippen molar-refractivity contribution in [2.24, 2.45) is 0 Å². The monoisotopic (exact) mass is 385 g/mol. The van der Waals surface area contributed by atoms with Crippen molar-refractivity contribution in [1.29, 1.82) is 0 Å². The Bertz CT molecular complexity index is 1030. The molecule has 7 heteroatoms. The lowest BCUT2D eigenvalue weighted by molar-refractivity contribution is 0.0946. The lowest BCUT2D eigenvalue weighted by Gasteiger charge is -2.16. The molecule has 148 valence electrons. The van der Waals surface area contributed by atoms with Gasteiger partial charge in [0.25, 0.3) is 5.91 Å². The van der Waals surface area contributed by atoms with E-state index in [-0.39, 0.29) is 19.1 Å². The topological polar surface area (TPSA) is 86.3 Å². The number of ether oxygens (including phenoxy) is 4. The van der Waals surface area contributed by atoms with Crippen LogP contribution in [0, 0.1) is 0 Å². The summed E-state index contributed by atoms with van der Waals surface area (Å²) in [7, 11) is 6.25. The van der Waals surface area contributed by atoms with E-state index < -0.39 is 0 Å². The summed E-state index contributed by atoms with van der Waals surface area (Å²) in [6.45, 7) is 0.0248. The summed E-state index contributed by atoms with van der Waals surface area (Å²) in [4.78, 5) is 12.7. The summed E-state index contributed by atoms with van der Waals surface area (Å²) < 4.78 is 21.7. The molecule has 0 saturated heterocycles. The normalized spacial score (nSPS) is 10.8. The number of benzene rings is 3. The Hall–Kier alpha value is -3.19. The highest BCUT2D eigenvalue weighted by molar-refractivity contribution is 6.18. The number of hydrogen-bond acceptors (Lipinski definition) is 6. The van der Waals surface area contributed by atoms with Gasteiger partial charge in [-0.2, -0.15) is 0 Å². The van der Waals surface area contributed by atoms with Gasteiger partial charge < -0.3 is 29.4 Å². The zero-order valence-electron chi connectivity index (χ0n) is 16.3. The summed E-state index contributed by atoms with van der Waals surface area (Å²) in [6, 6.07) is 9.10. The van der Waals surface area contributed by atoms with Gasteiger partial charge in [0.15, 0.2) is 23.0 Å². The Morgan fingerprint density at radius 2 is 1.29 bits per heavy atom. The van der Waals surface area contributed by atoms with Crippen molar-refractivity contribution >= 4 is 27.5 Å². The van der Waals surface area contributed by atoms with Crippen LogP contribution in [0.3, 0.4) is 0 Å². The van der Waals surface area contributed by atoms with E-state index in [0.29, 0.717) is 33.9 Å². The molecular formula is C21H23NO6. The Kier molecular flexibility index (Phi) is 5.75. The number of methoxy groups -OCH3 is 4. The van der Waals surface area contributed by atoms with Crippen LogP contribution in [-0.4, -0.2) is 52.6 Å². The molecule has 2 N–H and O–H groups in total.